The summed E-state index contributed by atoms with van der Waals surface area (Å²) >= 11 is 0. The number of fused-ring (bicyclic) bond motifs is 2. The highest BCUT2D eigenvalue weighted by Gasteiger charge is 2.46. The molecule has 2 aliphatic heterocycles. The Morgan fingerprint density at radius 1 is 1.30 bits per heavy atom. The van der Waals surface area contributed by atoms with E-state index in [0.717, 1.165) is 28.6 Å². The molecule has 3 atom stereocenters. The van der Waals surface area contributed by atoms with Crippen molar-refractivity contribution in [3.63, 3.8) is 0 Å². The van der Waals surface area contributed by atoms with Crippen LogP contribution in [0, 0.1) is 5.92 Å². The Morgan fingerprint density at radius 3 is 2.78 bits per heavy atom. The van der Waals surface area contributed by atoms with Gasteiger partial charge in [-0.1, -0.05) is 45.0 Å². The third kappa shape index (κ3) is 2.76. The Morgan fingerprint density at radius 2 is 2.04 bits per heavy atom. The minimum atomic E-state index is -0.516. The van der Waals surface area contributed by atoms with E-state index < -0.39 is 6.04 Å². The molecule has 0 bridgehead atoms. The van der Waals surface area contributed by atoms with Crippen molar-refractivity contribution in [2.24, 2.45) is 5.92 Å². The van der Waals surface area contributed by atoms with Gasteiger partial charge in [-0.3, -0.25) is 9.59 Å². The van der Waals surface area contributed by atoms with Gasteiger partial charge in [-0.25, -0.2) is 0 Å². The van der Waals surface area contributed by atoms with Gasteiger partial charge in [-0.05, 0) is 24.0 Å². The SMILES string of the molecule is C=CC(C)(C)c1[nH]c2ccccc2c1C[C@@H]1NC(=O)[C@@H]2[C@@H](C)CCN2C1=O. The summed E-state index contributed by atoms with van der Waals surface area (Å²) < 4.78 is 0. The van der Waals surface area contributed by atoms with Crippen molar-refractivity contribution in [3.8, 4) is 0 Å². The lowest BCUT2D eigenvalue weighted by atomic mass is 9.84. The molecule has 2 aliphatic rings. The second kappa shape index (κ2) is 6.25. The number of hydrogen-bond acceptors (Lipinski definition) is 2. The van der Waals surface area contributed by atoms with Gasteiger partial charge in [0, 0.05) is 35.0 Å². The van der Waals surface area contributed by atoms with Gasteiger partial charge in [-0.15, -0.1) is 6.58 Å². The standard InChI is InChI=1S/C22H27N3O2/c1-5-22(3,4)19-15(14-8-6-7-9-16(14)23-19)12-17-21(27)25-11-10-13(2)18(25)20(26)24-17/h5-9,13,17-18,23H,1,10-12H2,2-4H3,(H,24,26)/t13-,17-,18-/m0/s1. The zero-order chi connectivity index (χ0) is 19.3. The number of H-pyrrole nitrogens is 1. The smallest absolute Gasteiger partial charge is 0.246 e. The van der Waals surface area contributed by atoms with E-state index in [1.807, 2.05) is 31.2 Å². The van der Waals surface area contributed by atoms with Crippen LogP contribution in [0.15, 0.2) is 36.9 Å². The minimum absolute atomic E-state index is 0.0195. The third-order valence-electron chi connectivity index (χ3n) is 6.24. The molecule has 2 amide bonds. The number of hydrogen-bond donors (Lipinski definition) is 2. The van der Waals surface area contributed by atoms with E-state index in [-0.39, 0.29) is 29.2 Å². The Kier molecular flexibility index (Phi) is 4.13. The molecule has 2 saturated heterocycles. The normalized spacial score (nSPS) is 25.6. The molecule has 4 rings (SSSR count). The third-order valence-corrected chi connectivity index (χ3v) is 6.24. The quantitative estimate of drug-likeness (QED) is 0.818. The van der Waals surface area contributed by atoms with Crippen molar-refractivity contribution < 1.29 is 9.59 Å². The molecule has 2 N–H and O–H groups in total. The first-order valence-electron chi connectivity index (χ1n) is 9.68. The van der Waals surface area contributed by atoms with Gasteiger partial charge in [0.25, 0.3) is 0 Å². The fourth-order valence-electron chi connectivity index (χ4n) is 4.52. The number of nitrogens with one attached hydrogen (secondary N) is 2. The number of rotatable bonds is 4. The number of nitrogens with zero attached hydrogens (tertiary/aromatic N) is 1. The molecule has 0 radical (unpaired) electrons. The van der Waals surface area contributed by atoms with Gasteiger partial charge in [0.2, 0.25) is 11.8 Å². The predicted molar refractivity (Wildman–Crippen MR) is 106 cm³/mol. The van der Waals surface area contributed by atoms with Crippen LogP contribution in [0.4, 0.5) is 0 Å². The highest BCUT2D eigenvalue weighted by atomic mass is 16.2. The van der Waals surface area contributed by atoms with E-state index in [4.69, 9.17) is 0 Å². The summed E-state index contributed by atoms with van der Waals surface area (Å²) in [7, 11) is 0. The van der Waals surface area contributed by atoms with Crippen molar-refractivity contribution >= 4 is 22.7 Å². The lowest BCUT2D eigenvalue weighted by Crippen LogP contribution is -2.62. The maximum atomic E-state index is 13.1. The molecule has 0 spiro atoms. The molecule has 2 aromatic rings. The zero-order valence-electron chi connectivity index (χ0n) is 16.2. The summed E-state index contributed by atoms with van der Waals surface area (Å²) in [6, 6.07) is 7.29. The monoisotopic (exact) mass is 365 g/mol. The molecule has 27 heavy (non-hydrogen) atoms. The maximum Gasteiger partial charge on any atom is 0.246 e. The first kappa shape index (κ1) is 17.8. The summed E-state index contributed by atoms with van der Waals surface area (Å²) in [5.74, 6) is 0.240. The molecule has 0 unspecified atom stereocenters. The largest absolute Gasteiger partial charge is 0.357 e. The molecule has 5 heteroatoms. The van der Waals surface area contributed by atoms with Crippen LogP contribution in [-0.2, 0) is 21.4 Å². The first-order valence-corrected chi connectivity index (χ1v) is 9.68. The molecular formula is C22H27N3O2. The van der Waals surface area contributed by atoms with Crippen molar-refractivity contribution in [1.82, 2.24) is 15.2 Å². The number of aromatic nitrogens is 1. The summed E-state index contributed by atoms with van der Waals surface area (Å²) in [5.41, 5.74) is 2.91. The Bertz CT molecular complexity index is 927. The number of allylic oxidation sites excluding steroid dienone is 1. The number of benzene rings is 1. The predicted octanol–water partition coefficient (Wildman–Crippen LogP) is 2.91. The number of amides is 2. The Hall–Kier alpha value is -2.56. The van der Waals surface area contributed by atoms with Crippen molar-refractivity contribution in [2.75, 3.05) is 6.54 Å². The lowest BCUT2D eigenvalue weighted by Gasteiger charge is -2.36. The maximum absolute atomic E-state index is 13.1. The fraction of sp³-hybridized carbons (Fsp3) is 0.455. The minimum Gasteiger partial charge on any atom is -0.357 e. The molecule has 1 aromatic carbocycles. The fourth-order valence-corrected chi connectivity index (χ4v) is 4.52. The molecule has 1 aromatic heterocycles. The summed E-state index contributed by atoms with van der Waals surface area (Å²) in [4.78, 5) is 31.0. The van der Waals surface area contributed by atoms with E-state index in [1.165, 1.54) is 0 Å². The lowest BCUT2D eigenvalue weighted by molar-refractivity contribution is -0.147. The van der Waals surface area contributed by atoms with Gasteiger partial charge in [0.15, 0.2) is 0 Å². The number of carbonyl (C=O) groups is 2. The Balaban J connectivity index is 1.73. The molecule has 3 heterocycles. The molecule has 5 nitrogen and oxygen atoms in total. The van der Waals surface area contributed by atoms with E-state index in [1.54, 1.807) is 4.90 Å². The average molecular weight is 365 g/mol. The van der Waals surface area contributed by atoms with Gasteiger partial charge in [0.05, 0.1) is 0 Å². The zero-order valence-corrected chi connectivity index (χ0v) is 16.2. The van der Waals surface area contributed by atoms with Crippen molar-refractivity contribution in [1.29, 1.82) is 0 Å². The van der Waals surface area contributed by atoms with E-state index in [0.29, 0.717) is 13.0 Å². The highest BCUT2D eigenvalue weighted by molar-refractivity contribution is 5.98. The van der Waals surface area contributed by atoms with Crippen LogP contribution in [0.3, 0.4) is 0 Å². The number of aromatic amines is 1. The van der Waals surface area contributed by atoms with Crippen LogP contribution < -0.4 is 5.32 Å². The molecule has 142 valence electrons. The van der Waals surface area contributed by atoms with Crippen molar-refractivity contribution in [3.05, 3.63) is 48.2 Å². The number of piperazine rings is 1. The van der Waals surface area contributed by atoms with Crippen molar-refractivity contribution in [2.45, 2.75) is 51.1 Å². The van der Waals surface area contributed by atoms with E-state index >= 15 is 0 Å². The van der Waals surface area contributed by atoms with Crippen LogP contribution in [0.5, 0.6) is 0 Å². The van der Waals surface area contributed by atoms with E-state index in [2.05, 4.69) is 36.8 Å². The van der Waals surface area contributed by atoms with Gasteiger partial charge in [0.1, 0.15) is 12.1 Å². The summed E-state index contributed by atoms with van der Waals surface area (Å²) in [6.07, 6.45) is 3.29. The van der Waals surface area contributed by atoms with Gasteiger partial charge < -0.3 is 15.2 Å². The molecular weight excluding hydrogens is 338 g/mol. The summed E-state index contributed by atoms with van der Waals surface area (Å²) in [5, 5.41) is 4.10. The van der Waals surface area contributed by atoms with Gasteiger partial charge in [-0.2, -0.15) is 0 Å². The number of para-hydroxylation sites is 1. The van der Waals surface area contributed by atoms with Crippen LogP contribution >= 0.6 is 0 Å². The van der Waals surface area contributed by atoms with Gasteiger partial charge >= 0.3 is 0 Å². The first-order chi connectivity index (χ1) is 12.8. The highest BCUT2D eigenvalue weighted by Crippen LogP contribution is 2.35. The van der Waals surface area contributed by atoms with Crippen LogP contribution in [0.25, 0.3) is 10.9 Å². The molecule has 2 fully saturated rings. The average Bonchev–Trinajstić information content (AvgIpc) is 3.21. The number of carbonyl (C=O) groups excluding carboxylic acids is 2. The summed E-state index contributed by atoms with van der Waals surface area (Å²) in [6.45, 7) is 10.9. The van der Waals surface area contributed by atoms with Crippen LogP contribution in [0.1, 0.15) is 38.4 Å². The topological polar surface area (TPSA) is 65.2 Å². The molecule has 0 aliphatic carbocycles. The molecule has 0 saturated carbocycles. The van der Waals surface area contributed by atoms with Crippen LogP contribution in [-0.4, -0.2) is 40.3 Å². The second-order valence-corrected chi connectivity index (χ2v) is 8.46. The second-order valence-electron chi connectivity index (χ2n) is 8.46. The van der Waals surface area contributed by atoms with Crippen LogP contribution in [0.2, 0.25) is 0 Å². The van der Waals surface area contributed by atoms with E-state index in [9.17, 15) is 9.59 Å². The Labute approximate surface area is 159 Å².